The predicted octanol–water partition coefficient (Wildman–Crippen LogP) is -0.175. The van der Waals surface area contributed by atoms with Gasteiger partial charge in [0.25, 0.3) is 0 Å². The number of amides is 2. The quantitative estimate of drug-likeness (QED) is 0.690. The van der Waals surface area contributed by atoms with Crippen molar-refractivity contribution in [2.75, 3.05) is 19.7 Å². The molecule has 7 heteroatoms. The van der Waals surface area contributed by atoms with Crippen LogP contribution in [0.3, 0.4) is 0 Å². The van der Waals surface area contributed by atoms with E-state index in [9.17, 15) is 9.59 Å². The number of carbonyl (C=O) groups is 2. The maximum absolute atomic E-state index is 11.3. The van der Waals surface area contributed by atoms with Gasteiger partial charge < -0.3 is 19.9 Å². The van der Waals surface area contributed by atoms with E-state index in [2.05, 4.69) is 20.4 Å². The lowest BCUT2D eigenvalue weighted by molar-refractivity contribution is -0.141. The maximum Gasteiger partial charge on any atom is 0.325 e. The third-order valence-electron chi connectivity index (χ3n) is 2.25. The van der Waals surface area contributed by atoms with Crippen LogP contribution in [0.2, 0.25) is 0 Å². The molecular formula is C11H18N4O3. The van der Waals surface area contributed by atoms with Crippen LogP contribution in [0.4, 0.5) is 4.79 Å². The summed E-state index contributed by atoms with van der Waals surface area (Å²) in [6.07, 6.45) is 4.18. The number of nitrogens with zero attached hydrogens (tertiary/aromatic N) is 2. The van der Waals surface area contributed by atoms with E-state index in [4.69, 9.17) is 0 Å². The van der Waals surface area contributed by atoms with E-state index in [1.807, 2.05) is 17.8 Å². The highest BCUT2D eigenvalue weighted by atomic mass is 16.5. The van der Waals surface area contributed by atoms with Crippen LogP contribution < -0.4 is 10.6 Å². The van der Waals surface area contributed by atoms with Crippen molar-refractivity contribution in [3.8, 4) is 0 Å². The van der Waals surface area contributed by atoms with Crippen LogP contribution in [0.5, 0.6) is 0 Å². The molecule has 1 heterocycles. The van der Waals surface area contributed by atoms with Gasteiger partial charge in [-0.15, -0.1) is 0 Å². The molecule has 0 radical (unpaired) electrons. The first-order chi connectivity index (χ1) is 8.63. The predicted molar refractivity (Wildman–Crippen MR) is 64.9 cm³/mol. The fourth-order valence-electron chi connectivity index (χ4n) is 1.35. The average molecular weight is 254 g/mol. The Bertz CT molecular complexity index is 403. The Kier molecular flexibility index (Phi) is 5.69. The van der Waals surface area contributed by atoms with E-state index in [0.29, 0.717) is 19.6 Å². The normalized spacial score (nSPS) is 9.89. The van der Waals surface area contributed by atoms with E-state index in [0.717, 1.165) is 5.82 Å². The van der Waals surface area contributed by atoms with Gasteiger partial charge in [-0.05, 0) is 6.92 Å². The van der Waals surface area contributed by atoms with Crippen LogP contribution in [0.25, 0.3) is 0 Å². The summed E-state index contributed by atoms with van der Waals surface area (Å²) in [5.41, 5.74) is 0. The summed E-state index contributed by atoms with van der Waals surface area (Å²) in [5, 5.41) is 5.04. The second kappa shape index (κ2) is 7.31. The first-order valence-corrected chi connectivity index (χ1v) is 5.77. The number of nitrogens with one attached hydrogen (secondary N) is 2. The van der Waals surface area contributed by atoms with Crippen molar-refractivity contribution in [3.05, 3.63) is 18.2 Å². The molecule has 1 rings (SSSR count). The number of aromatic nitrogens is 2. The molecule has 18 heavy (non-hydrogen) atoms. The smallest absolute Gasteiger partial charge is 0.325 e. The van der Waals surface area contributed by atoms with Crippen molar-refractivity contribution in [2.24, 2.45) is 7.05 Å². The minimum Gasteiger partial charge on any atom is -0.465 e. The fraction of sp³-hybridized carbons (Fsp3) is 0.545. The SMILES string of the molecule is CCOC(=O)CNC(=O)NCCc1nccn1C. The number of urea groups is 1. The van der Waals surface area contributed by atoms with Gasteiger partial charge in [-0.3, -0.25) is 4.79 Å². The molecule has 100 valence electrons. The number of carbonyl (C=O) groups excluding carboxylic acids is 2. The summed E-state index contributed by atoms with van der Waals surface area (Å²) in [5.74, 6) is 0.442. The molecule has 7 nitrogen and oxygen atoms in total. The zero-order valence-corrected chi connectivity index (χ0v) is 10.6. The summed E-state index contributed by atoms with van der Waals surface area (Å²) >= 11 is 0. The second-order valence-electron chi connectivity index (χ2n) is 3.62. The molecule has 0 saturated heterocycles. The number of hydrogen-bond donors (Lipinski definition) is 2. The summed E-state index contributed by atoms with van der Waals surface area (Å²) in [6, 6.07) is -0.391. The molecule has 0 bridgehead atoms. The lowest BCUT2D eigenvalue weighted by atomic mass is 10.4. The Balaban J connectivity index is 2.14. The lowest BCUT2D eigenvalue weighted by Crippen LogP contribution is -2.39. The summed E-state index contributed by atoms with van der Waals surface area (Å²) in [4.78, 5) is 26.4. The van der Waals surface area contributed by atoms with E-state index < -0.39 is 12.0 Å². The van der Waals surface area contributed by atoms with Crippen LogP contribution in [-0.2, 0) is 23.0 Å². The van der Waals surface area contributed by atoms with Gasteiger partial charge in [0, 0.05) is 32.4 Å². The molecule has 0 aliphatic rings. The minimum atomic E-state index is -0.447. The van der Waals surface area contributed by atoms with Crippen molar-refractivity contribution < 1.29 is 14.3 Å². The standard InChI is InChI=1S/C11H18N4O3/c1-3-18-10(16)8-14-11(17)13-5-4-9-12-6-7-15(9)2/h6-7H,3-5,8H2,1-2H3,(H2,13,14,17). The zero-order chi connectivity index (χ0) is 13.4. The first kappa shape index (κ1) is 14.0. The van der Waals surface area contributed by atoms with Gasteiger partial charge in [-0.25, -0.2) is 9.78 Å². The van der Waals surface area contributed by atoms with Crippen molar-refractivity contribution in [2.45, 2.75) is 13.3 Å². The summed E-state index contributed by atoms with van der Waals surface area (Å²) < 4.78 is 6.56. The van der Waals surface area contributed by atoms with Crippen molar-refractivity contribution in [1.82, 2.24) is 20.2 Å². The van der Waals surface area contributed by atoms with Gasteiger partial charge in [-0.1, -0.05) is 0 Å². The molecule has 0 unspecified atom stereocenters. The van der Waals surface area contributed by atoms with E-state index in [1.165, 1.54) is 0 Å². The third kappa shape index (κ3) is 4.86. The van der Waals surface area contributed by atoms with Crippen LogP contribution in [0, 0.1) is 0 Å². The zero-order valence-electron chi connectivity index (χ0n) is 10.6. The van der Waals surface area contributed by atoms with E-state index in [-0.39, 0.29) is 6.54 Å². The second-order valence-corrected chi connectivity index (χ2v) is 3.62. The molecule has 2 amide bonds. The van der Waals surface area contributed by atoms with Gasteiger partial charge in [-0.2, -0.15) is 0 Å². The van der Waals surface area contributed by atoms with Crippen molar-refractivity contribution in [3.63, 3.8) is 0 Å². The molecular weight excluding hydrogens is 236 g/mol. The largest absolute Gasteiger partial charge is 0.465 e. The van der Waals surface area contributed by atoms with Crippen LogP contribution in [-0.4, -0.2) is 41.2 Å². The van der Waals surface area contributed by atoms with E-state index in [1.54, 1.807) is 13.1 Å². The number of hydrogen-bond acceptors (Lipinski definition) is 4. The lowest BCUT2D eigenvalue weighted by Gasteiger charge is -2.07. The molecule has 0 aliphatic carbocycles. The molecule has 0 fully saturated rings. The molecule has 1 aromatic rings. The minimum absolute atomic E-state index is 0.123. The van der Waals surface area contributed by atoms with Gasteiger partial charge in [0.15, 0.2) is 0 Å². The highest BCUT2D eigenvalue weighted by molar-refractivity contribution is 5.80. The number of rotatable bonds is 6. The monoisotopic (exact) mass is 254 g/mol. The Morgan fingerprint density at radius 3 is 2.83 bits per heavy atom. The van der Waals surface area contributed by atoms with Crippen LogP contribution in [0.15, 0.2) is 12.4 Å². The van der Waals surface area contributed by atoms with Gasteiger partial charge >= 0.3 is 12.0 Å². The molecule has 0 saturated carbocycles. The Morgan fingerprint density at radius 2 is 2.22 bits per heavy atom. The van der Waals surface area contributed by atoms with Crippen LogP contribution in [0.1, 0.15) is 12.7 Å². The Morgan fingerprint density at radius 1 is 1.44 bits per heavy atom. The third-order valence-corrected chi connectivity index (χ3v) is 2.25. The molecule has 2 N–H and O–H groups in total. The maximum atomic E-state index is 11.3. The average Bonchev–Trinajstić information content (AvgIpc) is 2.73. The highest BCUT2D eigenvalue weighted by Gasteiger charge is 2.05. The fourth-order valence-corrected chi connectivity index (χ4v) is 1.35. The number of esters is 1. The number of imidazole rings is 1. The summed E-state index contributed by atoms with van der Waals surface area (Å²) in [6.45, 7) is 2.35. The molecule has 0 aliphatic heterocycles. The van der Waals surface area contributed by atoms with Gasteiger partial charge in [0.2, 0.25) is 0 Å². The number of ether oxygens (including phenoxy) is 1. The summed E-state index contributed by atoms with van der Waals surface area (Å²) in [7, 11) is 1.89. The Hall–Kier alpha value is -2.05. The van der Waals surface area contributed by atoms with E-state index >= 15 is 0 Å². The van der Waals surface area contributed by atoms with Crippen molar-refractivity contribution >= 4 is 12.0 Å². The number of aryl methyl sites for hydroxylation is 1. The van der Waals surface area contributed by atoms with Gasteiger partial charge in [0.05, 0.1) is 6.61 Å². The molecule has 1 aromatic heterocycles. The highest BCUT2D eigenvalue weighted by Crippen LogP contribution is 1.93. The molecule has 0 spiro atoms. The van der Waals surface area contributed by atoms with Gasteiger partial charge in [0.1, 0.15) is 12.4 Å². The molecule has 0 aromatic carbocycles. The Labute approximate surface area is 106 Å². The van der Waals surface area contributed by atoms with Crippen LogP contribution >= 0.6 is 0 Å². The molecule has 0 atom stereocenters. The topological polar surface area (TPSA) is 85.2 Å². The first-order valence-electron chi connectivity index (χ1n) is 5.77. The van der Waals surface area contributed by atoms with Crippen molar-refractivity contribution in [1.29, 1.82) is 0 Å².